The Morgan fingerprint density at radius 2 is 1.96 bits per heavy atom. The number of nitrogens with zero attached hydrogens (tertiary/aromatic N) is 1. The first-order valence-electron chi connectivity index (χ1n) is 8.04. The summed E-state index contributed by atoms with van der Waals surface area (Å²) >= 11 is 5.86. The molecule has 0 aromatic heterocycles. The molecule has 2 amide bonds. The van der Waals surface area contributed by atoms with Crippen LogP contribution in [0.1, 0.15) is 45.2 Å². The number of benzene rings is 2. The molecule has 5 heteroatoms. The zero-order chi connectivity index (χ0) is 17.1. The van der Waals surface area contributed by atoms with E-state index in [1.807, 2.05) is 31.2 Å². The predicted molar refractivity (Wildman–Crippen MR) is 94.1 cm³/mol. The zero-order valence-corrected chi connectivity index (χ0v) is 14.3. The second kappa shape index (κ2) is 7.05. The smallest absolute Gasteiger partial charge is 0.255 e. The van der Waals surface area contributed by atoms with Crippen molar-refractivity contribution in [2.24, 2.45) is 0 Å². The minimum atomic E-state index is -0.228. The van der Waals surface area contributed by atoms with Crippen LogP contribution >= 0.6 is 11.6 Å². The number of rotatable bonds is 5. The average Bonchev–Trinajstić information content (AvgIpc) is 2.91. The first-order chi connectivity index (χ1) is 11.6. The third-order valence-electron chi connectivity index (χ3n) is 4.12. The lowest BCUT2D eigenvalue weighted by atomic mass is 10.0. The summed E-state index contributed by atoms with van der Waals surface area (Å²) in [4.78, 5) is 26.9. The van der Waals surface area contributed by atoms with Gasteiger partial charge in [0.2, 0.25) is 0 Å². The summed E-state index contributed by atoms with van der Waals surface area (Å²) in [5.41, 5.74) is 2.87. The summed E-state index contributed by atoms with van der Waals surface area (Å²) in [6, 6.07) is 12.8. The lowest BCUT2D eigenvalue weighted by Gasteiger charge is -2.14. The van der Waals surface area contributed by atoms with Gasteiger partial charge in [0.1, 0.15) is 0 Å². The number of hydrogen-bond donors (Lipinski definition) is 1. The standard InChI is InChI=1S/C19H19ClN2O2/c1-2-10-22-12-14-4-3-5-16(17(14)19(22)24)18(23)21-11-13-6-8-15(20)9-7-13/h3-9H,2,10-12H2,1H3,(H,21,23). The van der Waals surface area contributed by atoms with E-state index in [1.165, 1.54) is 0 Å². The van der Waals surface area contributed by atoms with Crippen molar-refractivity contribution in [2.75, 3.05) is 6.54 Å². The van der Waals surface area contributed by atoms with Crippen molar-refractivity contribution in [1.29, 1.82) is 0 Å². The van der Waals surface area contributed by atoms with Crippen LogP contribution in [-0.2, 0) is 13.1 Å². The molecule has 2 aromatic rings. The van der Waals surface area contributed by atoms with E-state index in [0.29, 0.717) is 35.8 Å². The van der Waals surface area contributed by atoms with E-state index >= 15 is 0 Å². The van der Waals surface area contributed by atoms with E-state index in [9.17, 15) is 9.59 Å². The second-order valence-electron chi connectivity index (χ2n) is 5.88. The van der Waals surface area contributed by atoms with Crippen molar-refractivity contribution in [3.63, 3.8) is 0 Å². The van der Waals surface area contributed by atoms with Gasteiger partial charge in [0, 0.05) is 24.7 Å². The molecule has 0 saturated heterocycles. The molecule has 124 valence electrons. The minimum Gasteiger partial charge on any atom is -0.348 e. The second-order valence-corrected chi connectivity index (χ2v) is 6.31. The highest BCUT2D eigenvalue weighted by molar-refractivity contribution is 6.30. The van der Waals surface area contributed by atoms with Crippen LogP contribution in [0.25, 0.3) is 0 Å². The van der Waals surface area contributed by atoms with E-state index in [0.717, 1.165) is 17.5 Å². The minimum absolute atomic E-state index is 0.0518. The summed E-state index contributed by atoms with van der Waals surface area (Å²) in [6.45, 7) is 3.72. The Kier molecular flexibility index (Phi) is 4.86. The first kappa shape index (κ1) is 16.5. The molecule has 0 unspecified atom stereocenters. The number of fused-ring (bicyclic) bond motifs is 1. The molecular weight excluding hydrogens is 324 g/mol. The van der Waals surface area contributed by atoms with Crippen molar-refractivity contribution in [2.45, 2.75) is 26.4 Å². The monoisotopic (exact) mass is 342 g/mol. The Morgan fingerprint density at radius 3 is 2.67 bits per heavy atom. The predicted octanol–water partition coefficient (Wildman–Crippen LogP) is 3.64. The molecule has 0 atom stereocenters. The largest absolute Gasteiger partial charge is 0.348 e. The lowest BCUT2D eigenvalue weighted by molar-refractivity contribution is 0.0773. The fourth-order valence-corrected chi connectivity index (χ4v) is 3.07. The molecule has 1 heterocycles. The zero-order valence-electron chi connectivity index (χ0n) is 13.5. The molecule has 1 aliphatic heterocycles. The number of hydrogen-bond acceptors (Lipinski definition) is 2. The van der Waals surface area contributed by atoms with Gasteiger partial charge in [0.25, 0.3) is 11.8 Å². The SMILES string of the molecule is CCCN1Cc2cccc(C(=O)NCc3ccc(Cl)cc3)c2C1=O. The number of halogens is 1. The molecule has 4 nitrogen and oxygen atoms in total. The fraction of sp³-hybridized carbons (Fsp3) is 0.263. The van der Waals surface area contributed by atoms with Crippen LogP contribution < -0.4 is 5.32 Å². The van der Waals surface area contributed by atoms with Crippen LogP contribution in [0.4, 0.5) is 0 Å². The third kappa shape index (κ3) is 3.29. The van der Waals surface area contributed by atoms with Gasteiger partial charge in [-0.2, -0.15) is 0 Å². The van der Waals surface area contributed by atoms with Gasteiger partial charge in [-0.1, -0.05) is 42.8 Å². The first-order valence-corrected chi connectivity index (χ1v) is 8.41. The molecule has 0 aliphatic carbocycles. The van der Waals surface area contributed by atoms with Gasteiger partial charge in [-0.15, -0.1) is 0 Å². The maximum absolute atomic E-state index is 12.6. The van der Waals surface area contributed by atoms with Crippen LogP contribution in [-0.4, -0.2) is 23.3 Å². The van der Waals surface area contributed by atoms with Gasteiger partial charge in [0.05, 0.1) is 11.1 Å². The van der Waals surface area contributed by atoms with E-state index in [-0.39, 0.29) is 11.8 Å². The van der Waals surface area contributed by atoms with Gasteiger partial charge in [-0.25, -0.2) is 0 Å². The van der Waals surface area contributed by atoms with Gasteiger partial charge in [-0.05, 0) is 35.7 Å². The van der Waals surface area contributed by atoms with Crippen molar-refractivity contribution >= 4 is 23.4 Å². The van der Waals surface area contributed by atoms with Crippen LogP contribution in [0.2, 0.25) is 5.02 Å². The lowest BCUT2D eigenvalue weighted by Crippen LogP contribution is -2.28. The van der Waals surface area contributed by atoms with Crippen LogP contribution in [0.15, 0.2) is 42.5 Å². The third-order valence-corrected chi connectivity index (χ3v) is 4.37. The summed E-state index contributed by atoms with van der Waals surface area (Å²) in [5.74, 6) is -0.280. The summed E-state index contributed by atoms with van der Waals surface area (Å²) in [7, 11) is 0. The molecule has 24 heavy (non-hydrogen) atoms. The topological polar surface area (TPSA) is 49.4 Å². The Bertz CT molecular complexity index is 771. The maximum Gasteiger partial charge on any atom is 0.255 e. The Labute approximate surface area is 146 Å². The van der Waals surface area contributed by atoms with Crippen molar-refractivity contribution in [3.05, 3.63) is 69.7 Å². The van der Waals surface area contributed by atoms with E-state index < -0.39 is 0 Å². The van der Waals surface area contributed by atoms with Crippen molar-refractivity contribution in [1.82, 2.24) is 10.2 Å². The summed E-state index contributed by atoms with van der Waals surface area (Å²) < 4.78 is 0. The molecule has 1 N–H and O–H groups in total. The Morgan fingerprint density at radius 1 is 1.21 bits per heavy atom. The molecule has 2 aromatic carbocycles. The van der Waals surface area contributed by atoms with Crippen LogP contribution in [0.3, 0.4) is 0 Å². The van der Waals surface area contributed by atoms with Gasteiger partial charge < -0.3 is 10.2 Å². The molecule has 1 aliphatic rings. The normalized spacial score (nSPS) is 13.1. The highest BCUT2D eigenvalue weighted by Gasteiger charge is 2.30. The van der Waals surface area contributed by atoms with Crippen molar-refractivity contribution in [3.8, 4) is 0 Å². The maximum atomic E-state index is 12.6. The number of nitrogens with one attached hydrogen (secondary N) is 1. The summed E-state index contributed by atoms with van der Waals surface area (Å²) in [6.07, 6.45) is 0.901. The molecule has 0 spiro atoms. The van der Waals surface area contributed by atoms with E-state index in [1.54, 1.807) is 23.1 Å². The van der Waals surface area contributed by atoms with Gasteiger partial charge in [-0.3, -0.25) is 9.59 Å². The average molecular weight is 343 g/mol. The highest BCUT2D eigenvalue weighted by atomic mass is 35.5. The molecule has 0 radical (unpaired) electrons. The summed E-state index contributed by atoms with van der Waals surface area (Å²) in [5, 5.41) is 3.54. The van der Waals surface area contributed by atoms with Crippen LogP contribution in [0, 0.1) is 0 Å². The van der Waals surface area contributed by atoms with E-state index in [4.69, 9.17) is 11.6 Å². The van der Waals surface area contributed by atoms with Crippen molar-refractivity contribution < 1.29 is 9.59 Å². The van der Waals surface area contributed by atoms with Gasteiger partial charge in [0.15, 0.2) is 0 Å². The molecular formula is C19H19ClN2O2. The molecule has 0 fully saturated rings. The van der Waals surface area contributed by atoms with Gasteiger partial charge >= 0.3 is 0 Å². The number of carbonyl (C=O) groups is 2. The molecule has 0 saturated carbocycles. The molecule has 0 bridgehead atoms. The van der Waals surface area contributed by atoms with E-state index in [2.05, 4.69) is 5.32 Å². The highest BCUT2D eigenvalue weighted by Crippen LogP contribution is 2.26. The Balaban J connectivity index is 1.76. The van der Waals surface area contributed by atoms with Crippen LogP contribution in [0.5, 0.6) is 0 Å². The quantitative estimate of drug-likeness (QED) is 0.902. The Hall–Kier alpha value is -2.33. The molecule has 3 rings (SSSR count). The number of carbonyl (C=O) groups excluding carboxylic acids is 2. The number of amides is 2. The fourth-order valence-electron chi connectivity index (χ4n) is 2.94.